The Morgan fingerprint density at radius 2 is 1.94 bits per heavy atom. The molecule has 0 saturated heterocycles. The predicted octanol–water partition coefficient (Wildman–Crippen LogP) is 1.98. The minimum absolute atomic E-state index is 0.0424. The van der Waals surface area contributed by atoms with Gasteiger partial charge in [-0.3, -0.25) is 0 Å². The highest BCUT2D eigenvalue weighted by Gasteiger charge is 2.06. The summed E-state index contributed by atoms with van der Waals surface area (Å²) in [5.41, 5.74) is 0.760. The fourth-order valence-electron chi connectivity index (χ4n) is 1.29. The molecule has 1 aromatic rings. The molecule has 1 rings (SSSR count). The number of para-hydroxylation sites is 1. The van der Waals surface area contributed by atoms with Crippen LogP contribution in [0, 0.1) is 0 Å². The van der Waals surface area contributed by atoms with Crippen LogP contribution in [-0.2, 0) is 16.1 Å². The van der Waals surface area contributed by atoms with Crippen molar-refractivity contribution in [3.8, 4) is 5.75 Å². The molecule has 0 bridgehead atoms. The van der Waals surface area contributed by atoms with Crippen molar-refractivity contribution in [1.29, 1.82) is 0 Å². The molecule has 0 atom stereocenters. The number of aliphatic hydroxyl groups is 1. The first-order chi connectivity index (χ1) is 8.29. The summed E-state index contributed by atoms with van der Waals surface area (Å²) >= 11 is 3.39. The Morgan fingerprint density at radius 3 is 2.65 bits per heavy atom. The Balaban J connectivity index is 2.35. The maximum atomic E-state index is 9.17. The van der Waals surface area contributed by atoms with Crippen molar-refractivity contribution in [2.45, 2.75) is 6.61 Å². The molecule has 0 heterocycles. The van der Waals surface area contributed by atoms with E-state index in [1.54, 1.807) is 7.11 Å². The molecule has 0 aliphatic rings. The van der Waals surface area contributed by atoms with Gasteiger partial charge in [0.25, 0.3) is 0 Å². The topological polar surface area (TPSA) is 47.9 Å². The molecular formula is C12H17BrO4. The van der Waals surface area contributed by atoms with E-state index >= 15 is 0 Å². The molecule has 0 fully saturated rings. The Bertz CT molecular complexity index is 330. The quantitative estimate of drug-likeness (QED) is 0.746. The number of ether oxygens (including phenoxy) is 3. The number of hydrogen-bond acceptors (Lipinski definition) is 4. The molecule has 0 aliphatic heterocycles. The van der Waals surface area contributed by atoms with Crippen molar-refractivity contribution in [3.63, 3.8) is 0 Å². The molecule has 0 spiro atoms. The molecule has 0 aromatic heterocycles. The summed E-state index contributed by atoms with van der Waals surface area (Å²) in [5, 5.41) is 9.17. The van der Waals surface area contributed by atoms with Gasteiger partial charge in [-0.05, 0) is 22.0 Å². The fraction of sp³-hybridized carbons (Fsp3) is 0.500. The molecule has 4 nitrogen and oxygen atoms in total. The van der Waals surface area contributed by atoms with E-state index in [1.807, 2.05) is 18.2 Å². The standard InChI is InChI=1S/C12H17BrO4/c1-15-5-6-16-7-8-17-12-10(9-14)3-2-4-11(12)13/h2-4,14H,5-9H2,1H3. The van der Waals surface area contributed by atoms with E-state index in [0.717, 1.165) is 10.0 Å². The third kappa shape index (κ3) is 5.04. The first-order valence-electron chi connectivity index (χ1n) is 5.37. The second-order valence-corrected chi connectivity index (χ2v) is 4.19. The molecule has 0 aliphatic carbocycles. The lowest BCUT2D eigenvalue weighted by Crippen LogP contribution is -2.11. The molecule has 1 aromatic carbocycles. The van der Waals surface area contributed by atoms with Gasteiger partial charge in [-0.25, -0.2) is 0 Å². The van der Waals surface area contributed by atoms with Crippen LogP contribution >= 0.6 is 15.9 Å². The molecule has 17 heavy (non-hydrogen) atoms. The molecule has 96 valence electrons. The Labute approximate surface area is 110 Å². The predicted molar refractivity (Wildman–Crippen MR) is 68.3 cm³/mol. The molecule has 1 N–H and O–H groups in total. The average Bonchev–Trinajstić information content (AvgIpc) is 2.35. The van der Waals surface area contributed by atoms with Crippen LogP contribution in [0.25, 0.3) is 0 Å². The highest BCUT2D eigenvalue weighted by molar-refractivity contribution is 9.10. The summed E-state index contributed by atoms with van der Waals surface area (Å²) in [4.78, 5) is 0. The van der Waals surface area contributed by atoms with Gasteiger partial charge in [0.2, 0.25) is 0 Å². The van der Waals surface area contributed by atoms with Gasteiger partial charge in [0.05, 0.1) is 30.9 Å². The van der Waals surface area contributed by atoms with E-state index in [2.05, 4.69) is 15.9 Å². The Hall–Kier alpha value is -0.620. The van der Waals surface area contributed by atoms with E-state index in [9.17, 15) is 0 Å². The van der Waals surface area contributed by atoms with Crippen LogP contribution in [0.2, 0.25) is 0 Å². The van der Waals surface area contributed by atoms with Crippen LogP contribution in [0.15, 0.2) is 22.7 Å². The Kier molecular flexibility index (Phi) is 7.19. The van der Waals surface area contributed by atoms with E-state index in [-0.39, 0.29) is 6.61 Å². The summed E-state index contributed by atoms with van der Waals surface area (Å²) in [6.45, 7) is 2.04. The lowest BCUT2D eigenvalue weighted by molar-refractivity contribution is 0.0539. The fourth-order valence-corrected chi connectivity index (χ4v) is 1.81. The van der Waals surface area contributed by atoms with Crippen molar-refractivity contribution < 1.29 is 19.3 Å². The summed E-state index contributed by atoms with van der Waals surface area (Å²) < 4.78 is 16.5. The van der Waals surface area contributed by atoms with Crippen molar-refractivity contribution in [2.24, 2.45) is 0 Å². The lowest BCUT2D eigenvalue weighted by Gasteiger charge is -2.12. The number of aliphatic hydroxyl groups excluding tert-OH is 1. The van der Waals surface area contributed by atoms with E-state index in [1.165, 1.54) is 0 Å². The second kappa shape index (κ2) is 8.47. The smallest absolute Gasteiger partial charge is 0.139 e. The van der Waals surface area contributed by atoms with Crippen LogP contribution in [0.1, 0.15) is 5.56 Å². The third-order valence-electron chi connectivity index (χ3n) is 2.12. The van der Waals surface area contributed by atoms with Crippen LogP contribution in [0.3, 0.4) is 0 Å². The first-order valence-corrected chi connectivity index (χ1v) is 6.16. The summed E-state index contributed by atoms with van der Waals surface area (Å²) in [5.74, 6) is 0.672. The maximum Gasteiger partial charge on any atom is 0.139 e. The van der Waals surface area contributed by atoms with Crippen molar-refractivity contribution in [2.75, 3.05) is 33.5 Å². The number of rotatable bonds is 8. The number of benzene rings is 1. The number of hydrogen-bond donors (Lipinski definition) is 1. The van der Waals surface area contributed by atoms with Gasteiger partial charge in [-0.15, -0.1) is 0 Å². The summed E-state index contributed by atoms with van der Waals surface area (Å²) in [6, 6.07) is 5.56. The molecular weight excluding hydrogens is 288 g/mol. The third-order valence-corrected chi connectivity index (χ3v) is 2.75. The van der Waals surface area contributed by atoms with Gasteiger partial charge in [0.1, 0.15) is 12.4 Å². The van der Waals surface area contributed by atoms with Crippen molar-refractivity contribution in [1.82, 2.24) is 0 Å². The van der Waals surface area contributed by atoms with Gasteiger partial charge >= 0.3 is 0 Å². The molecule has 0 amide bonds. The van der Waals surface area contributed by atoms with Gasteiger partial charge in [0.15, 0.2) is 0 Å². The number of halogens is 1. The highest BCUT2D eigenvalue weighted by Crippen LogP contribution is 2.28. The maximum absolute atomic E-state index is 9.17. The van der Waals surface area contributed by atoms with Crippen molar-refractivity contribution >= 4 is 15.9 Å². The van der Waals surface area contributed by atoms with E-state index < -0.39 is 0 Å². The minimum Gasteiger partial charge on any atom is -0.490 e. The largest absolute Gasteiger partial charge is 0.490 e. The zero-order chi connectivity index (χ0) is 12.5. The van der Waals surface area contributed by atoms with Crippen LogP contribution in [0.4, 0.5) is 0 Å². The van der Waals surface area contributed by atoms with Gasteiger partial charge in [-0.2, -0.15) is 0 Å². The van der Waals surface area contributed by atoms with Gasteiger partial charge in [0, 0.05) is 12.7 Å². The minimum atomic E-state index is -0.0424. The lowest BCUT2D eigenvalue weighted by atomic mass is 10.2. The normalized spacial score (nSPS) is 10.5. The SMILES string of the molecule is COCCOCCOc1c(Br)cccc1CO. The van der Waals surface area contributed by atoms with Gasteiger partial charge < -0.3 is 19.3 Å². The van der Waals surface area contributed by atoms with Crippen LogP contribution < -0.4 is 4.74 Å². The molecule has 0 radical (unpaired) electrons. The average molecular weight is 305 g/mol. The molecule has 5 heteroatoms. The molecule has 0 saturated carbocycles. The van der Waals surface area contributed by atoms with Gasteiger partial charge in [-0.1, -0.05) is 12.1 Å². The van der Waals surface area contributed by atoms with Crippen LogP contribution in [-0.4, -0.2) is 38.6 Å². The molecule has 0 unspecified atom stereocenters. The van der Waals surface area contributed by atoms with E-state index in [0.29, 0.717) is 32.2 Å². The second-order valence-electron chi connectivity index (χ2n) is 3.34. The zero-order valence-corrected chi connectivity index (χ0v) is 11.4. The van der Waals surface area contributed by atoms with Crippen LogP contribution in [0.5, 0.6) is 5.75 Å². The summed E-state index contributed by atoms with van der Waals surface area (Å²) in [6.07, 6.45) is 0. The Morgan fingerprint density at radius 1 is 1.18 bits per heavy atom. The first kappa shape index (κ1) is 14.4. The summed E-state index contributed by atoms with van der Waals surface area (Å²) in [7, 11) is 1.63. The van der Waals surface area contributed by atoms with Crippen molar-refractivity contribution in [3.05, 3.63) is 28.2 Å². The zero-order valence-electron chi connectivity index (χ0n) is 9.82. The highest BCUT2D eigenvalue weighted by atomic mass is 79.9. The monoisotopic (exact) mass is 304 g/mol. The number of methoxy groups -OCH3 is 1. The van der Waals surface area contributed by atoms with E-state index in [4.69, 9.17) is 19.3 Å².